The van der Waals surface area contributed by atoms with Crippen LogP contribution in [0, 0.1) is 19.8 Å². The third-order valence-electron chi connectivity index (χ3n) is 6.60. The van der Waals surface area contributed by atoms with Gasteiger partial charge >= 0.3 is 0 Å². The monoisotopic (exact) mass is 412 g/mol. The standard InChI is InChI=1S/C31H40/c1-22(2)16-26-19-27(15-14-24(26)4)31(8,21-25-12-10-9-11-13-25)29-18-23(3)17-28(20-29)30(5,6)7/h9-15,17-20,22H,16,21H2,1-8H3/t31-/m0/s1. The summed E-state index contributed by atoms with van der Waals surface area (Å²) < 4.78 is 0. The van der Waals surface area contributed by atoms with Crippen LogP contribution in [0.1, 0.15) is 80.5 Å². The summed E-state index contributed by atoms with van der Waals surface area (Å²) in [5, 5.41) is 0. The first kappa shape index (κ1) is 23.3. The molecule has 3 aromatic carbocycles. The lowest BCUT2D eigenvalue weighted by atomic mass is 9.69. The molecule has 0 bridgehead atoms. The Kier molecular flexibility index (Phi) is 6.79. The highest BCUT2D eigenvalue weighted by Crippen LogP contribution is 2.39. The zero-order valence-electron chi connectivity index (χ0n) is 20.8. The van der Waals surface area contributed by atoms with Gasteiger partial charge in [0, 0.05) is 5.41 Å². The van der Waals surface area contributed by atoms with Crippen molar-refractivity contribution >= 4 is 0 Å². The Morgan fingerprint density at radius 1 is 0.710 bits per heavy atom. The Hall–Kier alpha value is -2.34. The Morgan fingerprint density at radius 3 is 1.97 bits per heavy atom. The zero-order valence-corrected chi connectivity index (χ0v) is 20.8. The number of benzene rings is 3. The molecule has 31 heavy (non-hydrogen) atoms. The second-order valence-corrected chi connectivity index (χ2v) is 11.1. The third-order valence-corrected chi connectivity index (χ3v) is 6.60. The van der Waals surface area contributed by atoms with E-state index in [1.807, 2.05) is 0 Å². The van der Waals surface area contributed by atoms with Crippen molar-refractivity contribution in [2.75, 3.05) is 0 Å². The molecule has 3 rings (SSSR count). The van der Waals surface area contributed by atoms with Gasteiger partial charge in [-0.25, -0.2) is 0 Å². The van der Waals surface area contributed by atoms with E-state index in [1.165, 1.54) is 38.9 Å². The molecular weight excluding hydrogens is 372 g/mol. The minimum Gasteiger partial charge on any atom is -0.0625 e. The fourth-order valence-corrected chi connectivity index (χ4v) is 4.58. The Morgan fingerprint density at radius 2 is 1.35 bits per heavy atom. The van der Waals surface area contributed by atoms with Gasteiger partial charge in [-0.1, -0.05) is 114 Å². The normalized spacial score (nSPS) is 14.0. The van der Waals surface area contributed by atoms with Crippen LogP contribution in [0.2, 0.25) is 0 Å². The number of rotatable bonds is 6. The topological polar surface area (TPSA) is 0 Å². The van der Waals surface area contributed by atoms with E-state index >= 15 is 0 Å². The van der Waals surface area contributed by atoms with Crippen LogP contribution in [-0.2, 0) is 23.7 Å². The highest BCUT2D eigenvalue weighted by molar-refractivity contribution is 5.47. The van der Waals surface area contributed by atoms with Crippen molar-refractivity contribution in [3.63, 3.8) is 0 Å². The molecule has 0 saturated carbocycles. The molecule has 0 aliphatic carbocycles. The van der Waals surface area contributed by atoms with Crippen LogP contribution in [0.25, 0.3) is 0 Å². The third kappa shape index (κ3) is 5.48. The molecule has 0 amide bonds. The summed E-state index contributed by atoms with van der Waals surface area (Å²) >= 11 is 0. The van der Waals surface area contributed by atoms with Crippen LogP contribution >= 0.6 is 0 Å². The first-order valence-corrected chi connectivity index (χ1v) is 11.8. The summed E-state index contributed by atoms with van der Waals surface area (Å²) in [4.78, 5) is 0. The van der Waals surface area contributed by atoms with E-state index in [2.05, 4.69) is 122 Å². The molecule has 0 aromatic heterocycles. The lowest BCUT2D eigenvalue weighted by Gasteiger charge is -2.34. The summed E-state index contributed by atoms with van der Waals surface area (Å²) in [6.45, 7) is 18.5. The average molecular weight is 413 g/mol. The molecule has 0 fully saturated rings. The lowest BCUT2D eigenvalue weighted by molar-refractivity contribution is 0.552. The van der Waals surface area contributed by atoms with Crippen LogP contribution in [-0.4, -0.2) is 0 Å². The van der Waals surface area contributed by atoms with E-state index in [-0.39, 0.29) is 10.8 Å². The molecular formula is C31H40. The maximum atomic E-state index is 2.48. The molecule has 0 aliphatic heterocycles. The van der Waals surface area contributed by atoms with Gasteiger partial charge in [-0.05, 0) is 71.4 Å². The van der Waals surface area contributed by atoms with Gasteiger partial charge in [0.25, 0.3) is 0 Å². The number of aryl methyl sites for hydroxylation is 2. The second kappa shape index (κ2) is 9.03. The number of hydrogen-bond donors (Lipinski definition) is 0. The average Bonchev–Trinajstić information content (AvgIpc) is 2.69. The van der Waals surface area contributed by atoms with E-state index in [1.54, 1.807) is 0 Å². The van der Waals surface area contributed by atoms with E-state index in [0.717, 1.165) is 12.8 Å². The van der Waals surface area contributed by atoms with Gasteiger partial charge in [0.05, 0.1) is 0 Å². The fourth-order valence-electron chi connectivity index (χ4n) is 4.58. The van der Waals surface area contributed by atoms with Gasteiger partial charge in [0.1, 0.15) is 0 Å². The van der Waals surface area contributed by atoms with E-state index in [4.69, 9.17) is 0 Å². The lowest BCUT2D eigenvalue weighted by Crippen LogP contribution is -2.28. The summed E-state index contributed by atoms with van der Waals surface area (Å²) in [5.74, 6) is 0.654. The molecule has 0 spiro atoms. The summed E-state index contributed by atoms with van der Waals surface area (Å²) in [5.41, 5.74) is 9.90. The minimum atomic E-state index is -0.0905. The van der Waals surface area contributed by atoms with Crippen LogP contribution in [0.5, 0.6) is 0 Å². The molecule has 0 N–H and O–H groups in total. The van der Waals surface area contributed by atoms with Crippen molar-refractivity contribution in [1.29, 1.82) is 0 Å². The quantitative estimate of drug-likeness (QED) is 0.381. The molecule has 3 aromatic rings. The molecule has 0 nitrogen and oxygen atoms in total. The Labute approximate surface area is 190 Å². The Bertz CT molecular complexity index is 1020. The molecule has 0 unspecified atom stereocenters. The van der Waals surface area contributed by atoms with Crippen molar-refractivity contribution in [1.82, 2.24) is 0 Å². The maximum Gasteiger partial charge on any atom is 0.0215 e. The molecule has 0 aliphatic rings. The van der Waals surface area contributed by atoms with Gasteiger partial charge in [-0.15, -0.1) is 0 Å². The molecule has 0 heterocycles. The van der Waals surface area contributed by atoms with E-state index in [9.17, 15) is 0 Å². The van der Waals surface area contributed by atoms with Crippen LogP contribution < -0.4 is 0 Å². The molecule has 0 saturated heterocycles. The predicted octanol–water partition coefficient (Wildman–Crippen LogP) is 8.35. The van der Waals surface area contributed by atoms with Crippen molar-refractivity contribution < 1.29 is 0 Å². The van der Waals surface area contributed by atoms with Crippen molar-refractivity contribution in [2.24, 2.45) is 5.92 Å². The van der Waals surface area contributed by atoms with Gasteiger partial charge < -0.3 is 0 Å². The summed E-state index contributed by atoms with van der Waals surface area (Å²) in [6, 6.07) is 25.3. The minimum absolute atomic E-state index is 0.0905. The maximum absolute atomic E-state index is 2.48. The second-order valence-electron chi connectivity index (χ2n) is 11.1. The van der Waals surface area contributed by atoms with Crippen molar-refractivity contribution in [2.45, 2.75) is 79.1 Å². The van der Waals surface area contributed by atoms with Gasteiger partial charge in [0.2, 0.25) is 0 Å². The van der Waals surface area contributed by atoms with Gasteiger partial charge in [-0.2, -0.15) is 0 Å². The van der Waals surface area contributed by atoms with Gasteiger partial charge in [0.15, 0.2) is 0 Å². The Balaban J connectivity index is 2.21. The molecule has 0 radical (unpaired) electrons. The van der Waals surface area contributed by atoms with Gasteiger partial charge in [-0.3, -0.25) is 0 Å². The highest BCUT2D eigenvalue weighted by atomic mass is 14.3. The van der Waals surface area contributed by atoms with E-state index in [0.29, 0.717) is 5.92 Å². The van der Waals surface area contributed by atoms with Crippen molar-refractivity contribution in [3.05, 3.63) is 106 Å². The van der Waals surface area contributed by atoms with Crippen LogP contribution in [0.4, 0.5) is 0 Å². The smallest absolute Gasteiger partial charge is 0.0215 e. The highest BCUT2D eigenvalue weighted by Gasteiger charge is 2.31. The predicted molar refractivity (Wildman–Crippen MR) is 136 cm³/mol. The fraction of sp³-hybridized carbons (Fsp3) is 0.419. The summed E-state index contributed by atoms with van der Waals surface area (Å²) in [7, 11) is 0. The van der Waals surface area contributed by atoms with E-state index < -0.39 is 0 Å². The zero-order chi connectivity index (χ0) is 22.8. The summed E-state index contributed by atoms with van der Waals surface area (Å²) in [6.07, 6.45) is 2.12. The van der Waals surface area contributed by atoms with Crippen LogP contribution in [0.3, 0.4) is 0 Å². The first-order chi connectivity index (χ1) is 14.5. The number of hydrogen-bond acceptors (Lipinski definition) is 0. The molecule has 0 heteroatoms. The molecule has 164 valence electrons. The molecule has 1 atom stereocenters. The van der Waals surface area contributed by atoms with Crippen LogP contribution in [0.15, 0.2) is 66.7 Å². The largest absolute Gasteiger partial charge is 0.0625 e. The first-order valence-electron chi connectivity index (χ1n) is 11.8. The SMILES string of the molecule is Cc1cc(C(C)(C)C)cc([C@@](C)(Cc2ccccc2)c2ccc(C)c(CC(C)C)c2)c1. The van der Waals surface area contributed by atoms with Crippen molar-refractivity contribution in [3.8, 4) is 0 Å².